The van der Waals surface area contributed by atoms with Crippen LogP contribution in [-0.2, 0) is 13.1 Å². The topological polar surface area (TPSA) is 46.9 Å². The number of nitrogens with zero attached hydrogens (tertiary/aromatic N) is 2. The third-order valence-electron chi connectivity index (χ3n) is 4.04. The zero-order chi connectivity index (χ0) is 17.2. The van der Waals surface area contributed by atoms with Crippen LogP contribution in [0.4, 0.5) is 0 Å². The maximum atomic E-state index is 12.5. The number of nitrogens with one attached hydrogen (secondary N) is 1. The van der Waals surface area contributed by atoms with E-state index in [9.17, 15) is 4.79 Å². The first-order valence-corrected chi connectivity index (χ1v) is 9.77. The number of thiophene rings is 2. The summed E-state index contributed by atoms with van der Waals surface area (Å²) in [7, 11) is 0. The highest BCUT2D eigenvalue weighted by molar-refractivity contribution is 7.20. The molecule has 0 aliphatic carbocycles. The standard InChI is InChI=1S/C19H17N3OS2/c1-13-16-9-17(18(23)20-10-15-7-8-24-12-15)25-19(16)22(21-13)11-14-5-3-2-4-6-14/h2-9,12H,10-11H2,1H3,(H,20,23). The molecule has 0 aliphatic rings. The van der Waals surface area contributed by atoms with Gasteiger partial charge in [0.05, 0.1) is 17.1 Å². The Morgan fingerprint density at radius 1 is 1.20 bits per heavy atom. The van der Waals surface area contributed by atoms with Crippen molar-refractivity contribution in [3.8, 4) is 0 Å². The summed E-state index contributed by atoms with van der Waals surface area (Å²) in [6.45, 7) is 3.26. The van der Waals surface area contributed by atoms with Gasteiger partial charge in [0.1, 0.15) is 4.83 Å². The van der Waals surface area contributed by atoms with E-state index >= 15 is 0 Å². The van der Waals surface area contributed by atoms with Crippen molar-refractivity contribution in [1.29, 1.82) is 0 Å². The van der Waals surface area contributed by atoms with Gasteiger partial charge < -0.3 is 5.32 Å². The Balaban J connectivity index is 1.57. The summed E-state index contributed by atoms with van der Waals surface area (Å²) in [4.78, 5) is 14.2. The van der Waals surface area contributed by atoms with Gasteiger partial charge in [0.25, 0.3) is 5.91 Å². The lowest BCUT2D eigenvalue weighted by molar-refractivity contribution is 0.0955. The average molecular weight is 367 g/mol. The molecule has 1 amide bonds. The Kier molecular flexibility index (Phi) is 4.38. The smallest absolute Gasteiger partial charge is 0.261 e. The van der Waals surface area contributed by atoms with E-state index in [2.05, 4.69) is 22.5 Å². The van der Waals surface area contributed by atoms with Gasteiger partial charge >= 0.3 is 0 Å². The molecule has 0 fully saturated rings. The molecule has 1 aromatic carbocycles. The lowest BCUT2D eigenvalue weighted by Gasteiger charge is -2.03. The van der Waals surface area contributed by atoms with Gasteiger partial charge in [-0.3, -0.25) is 9.48 Å². The highest BCUT2D eigenvalue weighted by Gasteiger charge is 2.16. The van der Waals surface area contributed by atoms with Crippen LogP contribution in [0.1, 0.15) is 26.5 Å². The Bertz CT molecular complexity index is 1000. The molecule has 126 valence electrons. The normalized spacial score (nSPS) is 11.1. The molecule has 6 heteroatoms. The minimum Gasteiger partial charge on any atom is -0.347 e. The molecule has 3 aromatic heterocycles. The number of aromatic nitrogens is 2. The van der Waals surface area contributed by atoms with Crippen LogP contribution in [0.25, 0.3) is 10.2 Å². The summed E-state index contributed by atoms with van der Waals surface area (Å²) < 4.78 is 1.99. The van der Waals surface area contributed by atoms with Gasteiger partial charge in [-0.1, -0.05) is 30.3 Å². The first-order chi connectivity index (χ1) is 12.2. The maximum Gasteiger partial charge on any atom is 0.261 e. The van der Waals surface area contributed by atoms with E-state index in [0.29, 0.717) is 13.1 Å². The molecule has 0 spiro atoms. The second-order valence-electron chi connectivity index (χ2n) is 5.87. The molecule has 3 heterocycles. The van der Waals surface area contributed by atoms with Gasteiger partial charge in [-0.15, -0.1) is 11.3 Å². The van der Waals surface area contributed by atoms with Gasteiger partial charge in [-0.2, -0.15) is 16.4 Å². The number of carbonyl (C=O) groups is 1. The third kappa shape index (κ3) is 3.36. The van der Waals surface area contributed by atoms with Crippen LogP contribution >= 0.6 is 22.7 Å². The van der Waals surface area contributed by atoms with Crippen molar-refractivity contribution in [3.63, 3.8) is 0 Å². The Morgan fingerprint density at radius 3 is 2.80 bits per heavy atom. The third-order valence-corrected chi connectivity index (χ3v) is 5.92. The number of amides is 1. The Labute approximate surface area is 153 Å². The number of hydrogen-bond donors (Lipinski definition) is 1. The van der Waals surface area contributed by atoms with Crippen LogP contribution < -0.4 is 5.32 Å². The summed E-state index contributed by atoms with van der Waals surface area (Å²) in [5, 5.41) is 12.7. The van der Waals surface area contributed by atoms with E-state index in [1.165, 1.54) is 16.9 Å². The van der Waals surface area contributed by atoms with E-state index in [0.717, 1.165) is 26.4 Å². The summed E-state index contributed by atoms with van der Waals surface area (Å²) >= 11 is 3.14. The average Bonchev–Trinajstić information content (AvgIpc) is 3.34. The van der Waals surface area contributed by atoms with Gasteiger partial charge in [-0.05, 0) is 40.9 Å². The van der Waals surface area contributed by atoms with Crippen LogP contribution in [0.5, 0.6) is 0 Å². The van der Waals surface area contributed by atoms with Gasteiger partial charge in [0.15, 0.2) is 0 Å². The van der Waals surface area contributed by atoms with Crippen LogP contribution in [0.2, 0.25) is 0 Å². The molecule has 0 saturated carbocycles. The van der Waals surface area contributed by atoms with E-state index in [-0.39, 0.29) is 5.91 Å². The quantitative estimate of drug-likeness (QED) is 0.567. The molecule has 0 saturated heterocycles. The molecule has 0 atom stereocenters. The fourth-order valence-corrected chi connectivity index (χ4v) is 4.50. The highest BCUT2D eigenvalue weighted by Crippen LogP contribution is 2.29. The summed E-state index contributed by atoms with van der Waals surface area (Å²) in [6.07, 6.45) is 0. The van der Waals surface area contributed by atoms with Crippen LogP contribution in [0.3, 0.4) is 0 Å². The van der Waals surface area contributed by atoms with Gasteiger partial charge in [-0.25, -0.2) is 0 Å². The molecule has 0 radical (unpaired) electrons. The minimum absolute atomic E-state index is 0.0296. The predicted molar refractivity (Wildman–Crippen MR) is 103 cm³/mol. The molecule has 1 N–H and O–H groups in total. The minimum atomic E-state index is -0.0296. The first kappa shape index (κ1) is 16.1. The number of fused-ring (bicyclic) bond motifs is 1. The maximum absolute atomic E-state index is 12.5. The van der Waals surface area contributed by atoms with Gasteiger partial charge in [0.2, 0.25) is 0 Å². The molecule has 25 heavy (non-hydrogen) atoms. The van der Waals surface area contributed by atoms with Crippen LogP contribution in [0.15, 0.2) is 53.2 Å². The first-order valence-electron chi connectivity index (χ1n) is 8.01. The molecular formula is C19H17N3OS2. The number of rotatable bonds is 5. The summed E-state index contributed by atoms with van der Waals surface area (Å²) in [6, 6.07) is 14.2. The summed E-state index contributed by atoms with van der Waals surface area (Å²) in [5.74, 6) is -0.0296. The molecular weight excluding hydrogens is 350 g/mol. The monoisotopic (exact) mass is 367 g/mol. The highest BCUT2D eigenvalue weighted by atomic mass is 32.1. The Morgan fingerprint density at radius 2 is 2.04 bits per heavy atom. The molecule has 4 nitrogen and oxygen atoms in total. The molecule has 0 unspecified atom stereocenters. The predicted octanol–water partition coefficient (Wildman–Crippen LogP) is 4.45. The fraction of sp³-hybridized carbons (Fsp3) is 0.158. The number of benzene rings is 1. The van der Waals surface area contributed by atoms with Crippen molar-refractivity contribution in [3.05, 3.63) is 74.9 Å². The van der Waals surface area contributed by atoms with E-state index in [1.807, 2.05) is 52.7 Å². The van der Waals surface area contributed by atoms with Crippen LogP contribution in [0, 0.1) is 6.92 Å². The zero-order valence-electron chi connectivity index (χ0n) is 13.7. The molecule has 4 rings (SSSR count). The second-order valence-corrected chi connectivity index (χ2v) is 7.68. The van der Waals surface area contributed by atoms with E-state index in [1.54, 1.807) is 11.3 Å². The van der Waals surface area contributed by atoms with Crippen molar-refractivity contribution in [2.24, 2.45) is 0 Å². The lowest BCUT2D eigenvalue weighted by atomic mass is 10.2. The van der Waals surface area contributed by atoms with Crippen LogP contribution in [-0.4, -0.2) is 15.7 Å². The van der Waals surface area contributed by atoms with E-state index in [4.69, 9.17) is 0 Å². The SMILES string of the molecule is Cc1nn(Cc2ccccc2)c2sc(C(=O)NCc3ccsc3)cc12. The van der Waals surface area contributed by atoms with Crippen molar-refractivity contribution >= 4 is 38.8 Å². The van der Waals surface area contributed by atoms with Crippen molar-refractivity contribution < 1.29 is 4.79 Å². The lowest BCUT2D eigenvalue weighted by Crippen LogP contribution is -2.21. The molecule has 0 aliphatic heterocycles. The largest absolute Gasteiger partial charge is 0.347 e. The molecule has 4 aromatic rings. The number of carbonyl (C=O) groups excluding carboxylic acids is 1. The van der Waals surface area contributed by atoms with E-state index < -0.39 is 0 Å². The van der Waals surface area contributed by atoms with Crippen molar-refractivity contribution in [1.82, 2.24) is 15.1 Å². The second kappa shape index (κ2) is 6.82. The van der Waals surface area contributed by atoms with Crippen molar-refractivity contribution in [2.75, 3.05) is 0 Å². The number of aryl methyl sites for hydroxylation is 1. The number of hydrogen-bond acceptors (Lipinski definition) is 4. The Hall–Kier alpha value is -2.44. The molecule has 0 bridgehead atoms. The van der Waals surface area contributed by atoms with Gasteiger partial charge in [0, 0.05) is 11.9 Å². The summed E-state index contributed by atoms with van der Waals surface area (Å²) in [5.41, 5.74) is 3.29. The zero-order valence-corrected chi connectivity index (χ0v) is 15.4. The van der Waals surface area contributed by atoms with Crippen molar-refractivity contribution in [2.45, 2.75) is 20.0 Å². The fourth-order valence-electron chi connectivity index (χ4n) is 2.75.